The molecule has 2 aromatic heterocycles. The second kappa shape index (κ2) is 3.10. The largest absolute Gasteiger partial charge is 0.333 e. The zero-order chi connectivity index (χ0) is 9.26. The number of hydrogen-bond donors (Lipinski definition) is 0. The minimum absolute atomic E-state index is 0.484. The van der Waals surface area contributed by atoms with E-state index < -0.39 is 0 Å². The average molecular weight is 193 g/mol. The van der Waals surface area contributed by atoms with E-state index in [4.69, 9.17) is 0 Å². The van der Waals surface area contributed by atoms with E-state index in [0.29, 0.717) is 5.01 Å². The van der Waals surface area contributed by atoms with Gasteiger partial charge in [0.05, 0.1) is 4.88 Å². The van der Waals surface area contributed by atoms with Crippen LogP contribution in [0.15, 0.2) is 18.6 Å². The topological polar surface area (TPSA) is 47.8 Å². The van der Waals surface area contributed by atoms with Gasteiger partial charge in [-0.05, 0) is 0 Å². The van der Waals surface area contributed by atoms with E-state index in [2.05, 4.69) is 9.97 Å². The van der Waals surface area contributed by atoms with Crippen LogP contribution in [0.4, 0.5) is 0 Å². The van der Waals surface area contributed by atoms with Gasteiger partial charge in [0.2, 0.25) is 0 Å². The van der Waals surface area contributed by atoms with Crippen molar-refractivity contribution < 1.29 is 4.79 Å². The number of thiazole rings is 1. The molecule has 0 amide bonds. The zero-order valence-corrected chi connectivity index (χ0v) is 7.78. The average Bonchev–Trinajstić information content (AvgIpc) is 2.71. The molecule has 2 aromatic rings. The summed E-state index contributed by atoms with van der Waals surface area (Å²) in [4.78, 5) is 19.4. The van der Waals surface area contributed by atoms with Crippen LogP contribution in [0.3, 0.4) is 0 Å². The highest BCUT2D eigenvalue weighted by Crippen LogP contribution is 2.22. The molecule has 5 heteroatoms. The van der Waals surface area contributed by atoms with E-state index in [1.165, 1.54) is 11.3 Å². The lowest BCUT2D eigenvalue weighted by atomic mass is 10.5. The monoisotopic (exact) mass is 193 g/mol. The van der Waals surface area contributed by atoms with Gasteiger partial charge in [-0.25, -0.2) is 9.97 Å². The number of aromatic nitrogens is 3. The summed E-state index contributed by atoms with van der Waals surface area (Å²) >= 11 is 1.34. The van der Waals surface area contributed by atoms with Gasteiger partial charge in [-0.1, -0.05) is 0 Å². The Morgan fingerprint density at radius 3 is 2.92 bits per heavy atom. The Kier molecular flexibility index (Phi) is 1.94. The SMILES string of the molecule is Cn1ccnc1-c1cnc(C=O)s1. The summed E-state index contributed by atoms with van der Waals surface area (Å²) < 4.78 is 1.89. The third-order valence-corrected chi connectivity index (χ3v) is 2.58. The minimum Gasteiger partial charge on any atom is -0.333 e. The van der Waals surface area contributed by atoms with Crippen LogP contribution in [0.25, 0.3) is 10.7 Å². The molecule has 0 aliphatic carbocycles. The molecule has 0 aliphatic heterocycles. The molecule has 2 rings (SSSR count). The van der Waals surface area contributed by atoms with E-state index >= 15 is 0 Å². The van der Waals surface area contributed by atoms with Gasteiger partial charge >= 0.3 is 0 Å². The molecular formula is C8H7N3OS. The molecule has 2 heterocycles. The van der Waals surface area contributed by atoms with Crippen molar-refractivity contribution >= 4 is 17.6 Å². The number of carbonyl (C=O) groups excluding carboxylic acids is 1. The summed E-state index contributed by atoms with van der Waals surface area (Å²) in [7, 11) is 1.91. The molecule has 0 N–H and O–H groups in total. The highest BCUT2D eigenvalue weighted by molar-refractivity contribution is 7.16. The highest BCUT2D eigenvalue weighted by atomic mass is 32.1. The molecular weight excluding hydrogens is 186 g/mol. The predicted molar refractivity (Wildman–Crippen MR) is 49.7 cm³/mol. The Balaban J connectivity index is 2.46. The number of aryl methyl sites for hydroxylation is 1. The van der Waals surface area contributed by atoms with Crippen LogP contribution in [-0.2, 0) is 7.05 Å². The van der Waals surface area contributed by atoms with Crippen LogP contribution in [0.1, 0.15) is 9.80 Å². The Bertz CT molecular complexity index is 432. The lowest BCUT2D eigenvalue weighted by Crippen LogP contribution is -1.87. The first-order valence-electron chi connectivity index (χ1n) is 3.70. The number of imidazole rings is 1. The second-order valence-electron chi connectivity index (χ2n) is 2.54. The zero-order valence-electron chi connectivity index (χ0n) is 6.97. The molecule has 0 aliphatic rings. The van der Waals surface area contributed by atoms with E-state index in [1.807, 2.05) is 17.8 Å². The summed E-state index contributed by atoms with van der Waals surface area (Å²) in [6, 6.07) is 0. The van der Waals surface area contributed by atoms with Crippen molar-refractivity contribution in [3.05, 3.63) is 23.6 Å². The van der Waals surface area contributed by atoms with Crippen molar-refractivity contribution in [1.29, 1.82) is 0 Å². The Hall–Kier alpha value is -1.49. The molecule has 0 bridgehead atoms. The standard InChI is InChI=1S/C8H7N3OS/c1-11-3-2-9-8(11)6-4-10-7(5-12)13-6/h2-5H,1H3. The maximum absolute atomic E-state index is 10.4. The van der Waals surface area contributed by atoms with E-state index in [9.17, 15) is 4.79 Å². The summed E-state index contributed by atoms with van der Waals surface area (Å²) in [6.07, 6.45) is 5.99. The summed E-state index contributed by atoms with van der Waals surface area (Å²) in [6.45, 7) is 0. The third-order valence-electron chi connectivity index (χ3n) is 1.67. The van der Waals surface area contributed by atoms with E-state index in [1.54, 1.807) is 12.4 Å². The van der Waals surface area contributed by atoms with Gasteiger partial charge < -0.3 is 4.57 Å². The van der Waals surface area contributed by atoms with Gasteiger partial charge in [-0.15, -0.1) is 11.3 Å². The lowest BCUT2D eigenvalue weighted by molar-refractivity contribution is 0.112. The van der Waals surface area contributed by atoms with Crippen molar-refractivity contribution in [3.8, 4) is 10.7 Å². The van der Waals surface area contributed by atoms with Gasteiger partial charge in [0, 0.05) is 25.6 Å². The van der Waals surface area contributed by atoms with Gasteiger partial charge in [-0.3, -0.25) is 4.79 Å². The molecule has 4 nitrogen and oxygen atoms in total. The van der Waals surface area contributed by atoms with Crippen molar-refractivity contribution in [1.82, 2.24) is 14.5 Å². The second-order valence-corrected chi connectivity index (χ2v) is 3.60. The van der Waals surface area contributed by atoms with Gasteiger partial charge in [0.1, 0.15) is 0 Å². The fraction of sp³-hybridized carbons (Fsp3) is 0.125. The molecule has 0 saturated carbocycles. The summed E-state index contributed by atoms with van der Waals surface area (Å²) in [5.41, 5.74) is 0. The molecule has 0 fully saturated rings. The molecule has 0 radical (unpaired) electrons. The lowest BCUT2D eigenvalue weighted by Gasteiger charge is -1.94. The first-order valence-corrected chi connectivity index (χ1v) is 4.51. The molecule has 0 aromatic carbocycles. The van der Waals surface area contributed by atoms with Crippen LogP contribution in [0.2, 0.25) is 0 Å². The highest BCUT2D eigenvalue weighted by Gasteiger charge is 2.07. The van der Waals surface area contributed by atoms with Crippen molar-refractivity contribution in [2.45, 2.75) is 0 Å². The normalized spacial score (nSPS) is 10.2. The van der Waals surface area contributed by atoms with Crippen molar-refractivity contribution in [2.75, 3.05) is 0 Å². The molecule has 66 valence electrons. The van der Waals surface area contributed by atoms with Crippen LogP contribution in [0.5, 0.6) is 0 Å². The van der Waals surface area contributed by atoms with E-state index in [0.717, 1.165) is 17.0 Å². The van der Waals surface area contributed by atoms with Gasteiger partial charge in [0.15, 0.2) is 17.1 Å². The number of carbonyl (C=O) groups is 1. The summed E-state index contributed by atoms with van der Waals surface area (Å²) in [5.74, 6) is 0.839. The first kappa shape index (κ1) is 8.12. The maximum atomic E-state index is 10.4. The van der Waals surface area contributed by atoms with Gasteiger partial charge in [-0.2, -0.15) is 0 Å². The number of nitrogens with zero attached hydrogens (tertiary/aromatic N) is 3. The minimum atomic E-state index is 0.484. The molecule has 13 heavy (non-hydrogen) atoms. The first-order chi connectivity index (χ1) is 6.31. The quantitative estimate of drug-likeness (QED) is 0.676. The Morgan fingerprint density at radius 2 is 2.38 bits per heavy atom. The Morgan fingerprint density at radius 1 is 1.54 bits per heavy atom. The maximum Gasteiger partial charge on any atom is 0.178 e. The molecule has 0 spiro atoms. The Labute approximate surface area is 78.9 Å². The summed E-state index contributed by atoms with van der Waals surface area (Å²) in [5, 5.41) is 0.484. The number of hydrogen-bond acceptors (Lipinski definition) is 4. The van der Waals surface area contributed by atoms with E-state index in [-0.39, 0.29) is 0 Å². The van der Waals surface area contributed by atoms with Crippen LogP contribution < -0.4 is 0 Å². The van der Waals surface area contributed by atoms with Crippen molar-refractivity contribution in [2.24, 2.45) is 7.05 Å². The van der Waals surface area contributed by atoms with Crippen LogP contribution in [0, 0.1) is 0 Å². The van der Waals surface area contributed by atoms with Crippen LogP contribution in [-0.4, -0.2) is 20.8 Å². The predicted octanol–water partition coefficient (Wildman–Crippen LogP) is 1.36. The number of rotatable bonds is 2. The smallest absolute Gasteiger partial charge is 0.178 e. The molecule has 0 atom stereocenters. The van der Waals surface area contributed by atoms with Crippen molar-refractivity contribution in [3.63, 3.8) is 0 Å². The third kappa shape index (κ3) is 1.38. The fourth-order valence-corrected chi connectivity index (χ4v) is 1.82. The fourth-order valence-electron chi connectivity index (χ4n) is 1.05. The van der Waals surface area contributed by atoms with Crippen LogP contribution >= 0.6 is 11.3 Å². The molecule has 0 unspecified atom stereocenters. The molecule has 0 saturated heterocycles. The van der Waals surface area contributed by atoms with Gasteiger partial charge in [0.25, 0.3) is 0 Å². The number of aldehydes is 1.